The average molecular weight is 526 g/mol. The summed E-state index contributed by atoms with van der Waals surface area (Å²) >= 11 is 0. The zero-order valence-corrected chi connectivity index (χ0v) is 23.7. The number of aromatic nitrogens is 3. The number of rotatable bonds is 7. The molecular weight excluding hydrogens is 486 g/mol. The van der Waals surface area contributed by atoms with E-state index >= 15 is 0 Å². The van der Waals surface area contributed by atoms with Crippen LogP contribution in [-0.2, 0) is 6.42 Å². The highest BCUT2D eigenvalue weighted by Crippen LogP contribution is 2.34. The molecule has 2 aliphatic heterocycles. The Bertz CT molecular complexity index is 1410. The highest BCUT2D eigenvalue weighted by atomic mass is 16.5. The minimum absolute atomic E-state index is 0.290. The number of nitrogens with zero attached hydrogens (tertiary/aromatic N) is 6. The lowest BCUT2D eigenvalue weighted by Gasteiger charge is -2.28. The molecule has 0 radical (unpaired) electrons. The molecule has 0 amide bonds. The third-order valence-corrected chi connectivity index (χ3v) is 7.70. The molecule has 39 heavy (non-hydrogen) atoms. The normalized spacial score (nSPS) is 19.5. The molecule has 3 aromatic rings. The highest BCUT2D eigenvalue weighted by Gasteiger charge is 2.21. The van der Waals surface area contributed by atoms with E-state index in [1.165, 1.54) is 16.7 Å². The van der Waals surface area contributed by atoms with E-state index in [2.05, 4.69) is 89.7 Å². The molecule has 0 saturated carbocycles. The number of allylic oxidation sites excluding steroid dienone is 2. The van der Waals surface area contributed by atoms with Crippen LogP contribution in [0.5, 0.6) is 5.75 Å². The molecule has 5 rings (SSSR count). The molecule has 2 aromatic heterocycles. The Labute approximate surface area is 231 Å². The number of fused-ring (bicyclic) bond motifs is 2. The van der Waals surface area contributed by atoms with E-state index in [0.717, 1.165) is 60.5 Å². The summed E-state index contributed by atoms with van der Waals surface area (Å²) in [5.41, 5.74) is 6.32. The Balaban J connectivity index is 1.37. The van der Waals surface area contributed by atoms with Crippen LogP contribution in [0.15, 0.2) is 59.6 Å². The summed E-state index contributed by atoms with van der Waals surface area (Å²) < 4.78 is 6.19. The van der Waals surface area contributed by atoms with Crippen LogP contribution in [0.4, 0.5) is 17.3 Å². The van der Waals surface area contributed by atoms with E-state index in [0.29, 0.717) is 18.3 Å². The van der Waals surface area contributed by atoms with Crippen molar-refractivity contribution in [3.8, 4) is 5.75 Å². The summed E-state index contributed by atoms with van der Waals surface area (Å²) in [7, 11) is 2.08. The van der Waals surface area contributed by atoms with Crippen LogP contribution >= 0.6 is 0 Å². The monoisotopic (exact) mass is 525 g/mol. The second kappa shape index (κ2) is 11.8. The quantitative estimate of drug-likeness (QED) is 0.357. The molecule has 0 bridgehead atoms. The first-order chi connectivity index (χ1) is 19.0. The van der Waals surface area contributed by atoms with Crippen molar-refractivity contribution >= 4 is 34.6 Å². The Hall–Kier alpha value is -3.94. The van der Waals surface area contributed by atoms with Gasteiger partial charge in [-0.3, -0.25) is 5.01 Å². The van der Waals surface area contributed by atoms with Crippen molar-refractivity contribution in [1.82, 2.24) is 20.0 Å². The van der Waals surface area contributed by atoms with Crippen LogP contribution in [0, 0.1) is 12.8 Å². The number of hydrogen-bond acceptors (Lipinski definition) is 8. The summed E-state index contributed by atoms with van der Waals surface area (Å²) in [6.45, 7) is 10.2. The number of nitrogens with one attached hydrogen (secondary N) is 1. The summed E-state index contributed by atoms with van der Waals surface area (Å²) in [4.78, 5) is 16.2. The molecule has 0 saturated heterocycles. The predicted molar refractivity (Wildman–Crippen MR) is 160 cm³/mol. The van der Waals surface area contributed by atoms with Gasteiger partial charge in [0.1, 0.15) is 11.8 Å². The Morgan fingerprint density at radius 2 is 2.05 bits per heavy atom. The zero-order valence-electron chi connectivity index (χ0n) is 23.7. The Kier molecular flexibility index (Phi) is 8.10. The average Bonchev–Trinajstić information content (AvgIpc) is 2.94. The van der Waals surface area contributed by atoms with Gasteiger partial charge in [-0.25, -0.2) is 15.0 Å². The number of anilines is 3. The first kappa shape index (κ1) is 26.7. The lowest BCUT2D eigenvalue weighted by atomic mass is 9.96. The van der Waals surface area contributed by atoms with Crippen molar-refractivity contribution in [2.45, 2.75) is 59.4 Å². The van der Waals surface area contributed by atoms with Gasteiger partial charge in [0, 0.05) is 37.8 Å². The van der Waals surface area contributed by atoms with Crippen molar-refractivity contribution in [2.75, 3.05) is 30.4 Å². The lowest BCUT2D eigenvalue weighted by molar-refractivity contribution is 0.231. The van der Waals surface area contributed by atoms with E-state index in [-0.39, 0.29) is 6.04 Å². The van der Waals surface area contributed by atoms with Gasteiger partial charge in [-0.2, -0.15) is 5.10 Å². The number of benzene rings is 1. The van der Waals surface area contributed by atoms with Crippen molar-refractivity contribution in [2.24, 2.45) is 11.0 Å². The first-order valence-corrected chi connectivity index (χ1v) is 14.0. The third-order valence-electron chi connectivity index (χ3n) is 7.70. The van der Waals surface area contributed by atoms with Crippen LogP contribution in [0.3, 0.4) is 0 Å². The van der Waals surface area contributed by atoms with Crippen LogP contribution in [0.25, 0.3) is 11.0 Å². The molecular formula is C31H39N7O. The van der Waals surface area contributed by atoms with Gasteiger partial charge in [-0.15, -0.1) is 0 Å². The van der Waals surface area contributed by atoms with E-state index in [1.807, 2.05) is 24.2 Å². The number of pyridine rings is 1. The number of hydrazone groups is 1. The molecule has 0 aliphatic carbocycles. The number of aryl methyl sites for hydroxylation is 1. The van der Waals surface area contributed by atoms with Gasteiger partial charge in [0.25, 0.3) is 0 Å². The van der Waals surface area contributed by atoms with Crippen molar-refractivity contribution in [3.05, 3.63) is 65.6 Å². The van der Waals surface area contributed by atoms with E-state index < -0.39 is 0 Å². The SMILES string of the molecule is C/C=N\N1C=CC(Cc2ccc(Nc3ncnc4cc5c(nc34)N(C)CCC(CC)CO5)cc2C)=CC1CC. The molecule has 2 aliphatic rings. The molecule has 1 N–H and O–H groups in total. The van der Waals surface area contributed by atoms with Gasteiger partial charge in [0.2, 0.25) is 0 Å². The molecule has 204 valence electrons. The van der Waals surface area contributed by atoms with Crippen molar-refractivity contribution < 1.29 is 4.74 Å². The number of hydrogen-bond donors (Lipinski definition) is 1. The van der Waals surface area contributed by atoms with Gasteiger partial charge in [-0.05, 0) is 80.4 Å². The van der Waals surface area contributed by atoms with E-state index in [4.69, 9.17) is 9.72 Å². The van der Waals surface area contributed by atoms with Crippen LogP contribution in [0.2, 0.25) is 0 Å². The van der Waals surface area contributed by atoms with Gasteiger partial charge in [-0.1, -0.05) is 26.0 Å². The summed E-state index contributed by atoms with van der Waals surface area (Å²) in [5.74, 6) is 2.86. The summed E-state index contributed by atoms with van der Waals surface area (Å²) in [5, 5.41) is 9.97. The molecule has 2 unspecified atom stereocenters. The second-order valence-corrected chi connectivity index (χ2v) is 10.4. The largest absolute Gasteiger partial charge is 0.489 e. The third kappa shape index (κ3) is 5.90. The molecule has 8 heteroatoms. The molecule has 8 nitrogen and oxygen atoms in total. The fraction of sp³-hybridized carbons (Fsp3) is 0.419. The minimum Gasteiger partial charge on any atom is -0.489 e. The van der Waals surface area contributed by atoms with Crippen LogP contribution in [0.1, 0.15) is 51.2 Å². The first-order valence-electron chi connectivity index (χ1n) is 14.0. The second-order valence-electron chi connectivity index (χ2n) is 10.4. The standard InChI is InChI=1S/C31H39N7O/c1-6-22-11-13-37(5)31-28(39-19-22)18-27-29(36-31)30(33-20-32-27)35-25-10-9-24(21(4)15-25)16-23-12-14-38(34-8-3)26(7-2)17-23/h8-10,12,14-15,17-18,20,22,26H,6-7,11,13,16,19H2,1-5H3,(H,32,33,35)/b34-8-. The molecule has 2 atom stereocenters. The van der Waals surface area contributed by atoms with Gasteiger partial charge in [0.15, 0.2) is 17.4 Å². The van der Waals surface area contributed by atoms with E-state index in [1.54, 1.807) is 6.33 Å². The maximum atomic E-state index is 6.19. The maximum Gasteiger partial charge on any atom is 0.171 e. The van der Waals surface area contributed by atoms with Crippen LogP contribution < -0.4 is 15.0 Å². The van der Waals surface area contributed by atoms with Gasteiger partial charge in [0.05, 0.1) is 18.2 Å². The minimum atomic E-state index is 0.290. The fourth-order valence-corrected chi connectivity index (χ4v) is 5.19. The Morgan fingerprint density at radius 1 is 1.18 bits per heavy atom. The topological polar surface area (TPSA) is 78.8 Å². The molecule has 1 aromatic carbocycles. The van der Waals surface area contributed by atoms with Crippen molar-refractivity contribution in [3.63, 3.8) is 0 Å². The maximum absolute atomic E-state index is 6.19. The van der Waals surface area contributed by atoms with E-state index in [9.17, 15) is 0 Å². The summed E-state index contributed by atoms with van der Waals surface area (Å²) in [6.07, 6.45) is 14.1. The smallest absolute Gasteiger partial charge is 0.171 e. The van der Waals surface area contributed by atoms with Gasteiger partial charge >= 0.3 is 0 Å². The zero-order chi connectivity index (χ0) is 27.4. The highest BCUT2D eigenvalue weighted by molar-refractivity contribution is 5.90. The van der Waals surface area contributed by atoms with Gasteiger partial charge < -0.3 is 15.0 Å². The van der Waals surface area contributed by atoms with Crippen LogP contribution in [-0.4, -0.2) is 52.4 Å². The predicted octanol–water partition coefficient (Wildman–Crippen LogP) is 6.40. The summed E-state index contributed by atoms with van der Waals surface area (Å²) in [6, 6.07) is 8.77. The Morgan fingerprint density at radius 3 is 2.82 bits per heavy atom. The lowest BCUT2D eigenvalue weighted by Crippen LogP contribution is -2.27. The van der Waals surface area contributed by atoms with Crippen molar-refractivity contribution in [1.29, 1.82) is 0 Å². The molecule has 0 fully saturated rings. The fourth-order valence-electron chi connectivity index (χ4n) is 5.19. The molecule has 0 spiro atoms. The number of ether oxygens (including phenoxy) is 1. The molecule has 4 heterocycles.